The van der Waals surface area contributed by atoms with E-state index in [0.717, 1.165) is 25.7 Å². The molecular weight excluding hydrogens is 429 g/mol. The van der Waals surface area contributed by atoms with E-state index in [1.54, 1.807) is 0 Å². The molecule has 0 bridgehead atoms. The van der Waals surface area contributed by atoms with Crippen LogP contribution in [0.5, 0.6) is 0 Å². The van der Waals surface area contributed by atoms with Crippen molar-refractivity contribution >= 4 is 7.82 Å². The number of ether oxygens (including phenoxy) is 2. The van der Waals surface area contributed by atoms with E-state index in [1.165, 1.54) is 48.8 Å². The van der Waals surface area contributed by atoms with Gasteiger partial charge in [-0.25, -0.2) is 4.57 Å². The molecule has 0 aromatic heterocycles. The number of rotatable bonds is 9. The monoisotopic (exact) mass is 467 g/mol. The molecule has 4 N–H and O–H groups in total. The third kappa shape index (κ3) is 6.86. The summed E-state index contributed by atoms with van der Waals surface area (Å²) in [5, 5.41) is 0. The normalized spacial score (nSPS) is 29.2. The lowest BCUT2D eigenvalue weighted by atomic mass is 9.85. The first-order chi connectivity index (χ1) is 15.3. The number of hydrogen-bond acceptors (Lipinski definition) is 5. The van der Waals surface area contributed by atoms with Crippen molar-refractivity contribution in [2.75, 3.05) is 19.8 Å². The zero-order chi connectivity index (χ0) is 22.6. The van der Waals surface area contributed by atoms with Crippen LogP contribution in [0.25, 0.3) is 0 Å². The Bertz CT molecular complexity index is 808. The van der Waals surface area contributed by atoms with Gasteiger partial charge in [-0.15, -0.1) is 0 Å². The minimum atomic E-state index is -4.49. The average molecular weight is 468 g/mol. The van der Waals surface area contributed by atoms with Gasteiger partial charge in [-0.1, -0.05) is 37.5 Å². The van der Waals surface area contributed by atoms with E-state index in [1.807, 2.05) is 0 Å². The van der Waals surface area contributed by atoms with Gasteiger partial charge in [-0.05, 0) is 74.0 Å². The van der Waals surface area contributed by atoms with Crippen molar-refractivity contribution in [2.45, 2.75) is 94.3 Å². The Balaban J connectivity index is 1.24. The smallest absolute Gasteiger partial charge is 0.376 e. The lowest BCUT2D eigenvalue weighted by molar-refractivity contribution is -0.0346. The Morgan fingerprint density at radius 3 is 2.50 bits per heavy atom. The molecule has 0 unspecified atom stereocenters. The van der Waals surface area contributed by atoms with Crippen molar-refractivity contribution in [3.63, 3.8) is 0 Å². The maximum Gasteiger partial charge on any atom is 0.469 e. The molecule has 3 atom stereocenters. The molecule has 0 heterocycles. The van der Waals surface area contributed by atoms with Crippen LogP contribution in [0.15, 0.2) is 18.2 Å². The molecule has 0 amide bonds. The maximum atomic E-state index is 11.0. The third-order valence-electron chi connectivity index (χ3n) is 7.39. The van der Waals surface area contributed by atoms with E-state index >= 15 is 0 Å². The Morgan fingerprint density at radius 1 is 1.00 bits per heavy atom. The number of phosphoric ester groups is 1. The number of phosphoric acid groups is 1. The van der Waals surface area contributed by atoms with E-state index < -0.39 is 13.4 Å². The molecule has 1 aromatic rings. The molecule has 1 aromatic carbocycles. The van der Waals surface area contributed by atoms with Crippen molar-refractivity contribution in [3.8, 4) is 0 Å². The van der Waals surface area contributed by atoms with Crippen LogP contribution in [0.3, 0.4) is 0 Å². The van der Waals surface area contributed by atoms with E-state index in [2.05, 4.69) is 18.2 Å². The van der Waals surface area contributed by atoms with Gasteiger partial charge in [0.25, 0.3) is 0 Å². The summed E-state index contributed by atoms with van der Waals surface area (Å²) in [4.78, 5) is 17.9. The second kappa shape index (κ2) is 10.6. The number of aryl methyl sites for hydroxylation is 1. The summed E-state index contributed by atoms with van der Waals surface area (Å²) >= 11 is 0. The number of hydrogen-bond donors (Lipinski definition) is 3. The van der Waals surface area contributed by atoms with Gasteiger partial charge in [-0.2, -0.15) is 0 Å². The second-order valence-electron chi connectivity index (χ2n) is 9.96. The highest BCUT2D eigenvalue weighted by Crippen LogP contribution is 2.44. The molecule has 32 heavy (non-hydrogen) atoms. The van der Waals surface area contributed by atoms with E-state index in [4.69, 9.17) is 29.5 Å². The van der Waals surface area contributed by atoms with Crippen LogP contribution in [0.4, 0.5) is 0 Å². The molecule has 2 fully saturated rings. The number of fused-ring (bicyclic) bond motifs is 1. The first kappa shape index (κ1) is 24.3. The van der Waals surface area contributed by atoms with Crippen molar-refractivity contribution in [3.05, 3.63) is 34.9 Å². The molecule has 0 spiro atoms. The first-order valence-electron chi connectivity index (χ1n) is 12.1. The third-order valence-corrected chi connectivity index (χ3v) is 7.86. The zero-order valence-corrected chi connectivity index (χ0v) is 19.8. The molecule has 7 nitrogen and oxygen atoms in total. The molecule has 0 radical (unpaired) electrons. The standard InChI is InChI=1S/C24H38NO6P/c25-24(17-31-32(26,27)28)11-10-21(16-24)19-6-7-20-15-23(9-8-18(20)14-19)30-13-12-29-22-4-2-1-3-5-22/h6-7,14,21-23H,1-5,8-13,15-17,25H2,(H2,26,27,28)/t21-,23+,24+/m0/s1. The highest BCUT2D eigenvalue weighted by molar-refractivity contribution is 7.46. The Kier molecular flexibility index (Phi) is 8.10. The molecule has 0 aliphatic heterocycles. The fourth-order valence-corrected chi connectivity index (χ4v) is 6.01. The molecular formula is C24H38NO6P. The van der Waals surface area contributed by atoms with Gasteiger partial charge in [0.15, 0.2) is 0 Å². The van der Waals surface area contributed by atoms with Crippen LogP contribution < -0.4 is 5.73 Å². The van der Waals surface area contributed by atoms with Crippen molar-refractivity contribution < 1.29 is 28.3 Å². The minimum Gasteiger partial charge on any atom is -0.376 e. The molecule has 3 aliphatic carbocycles. The summed E-state index contributed by atoms with van der Waals surface area (Å²) in [7, 11) is -4.49. The lowest BCUT2D eigenvalue weighted by Crippen LogP contribution is -2.41. The predicted molar refractivity (Wildman–Crippen MR) is 123 cm³/mol. The summed E-state index contributed by atoms with van der Waals surface area (Å²) in [6.45, 7) is 1.26. The summed E-state index contributed by atoms with van der Waals surface area (Å²) in [5.41, 5.74) is 9.70. The largest absolute Gasteiger partial charge is 0.469 e. The molecule has 3 aliphatic rings. The van der Waals surface area contributed by atoms with Gasteiger partial charge in [0.2, 0.25) is 0 Å². The molecule has 2 saturated carbocycles. The molecule has 0 saturated heterocycles. The second-order valence-corrected chi connectivity index (χ2v) is 11.2. The van der Waals surface area contributed by atoms with Crippen LogP contribution in [-0.4, -0.2) is 47.4 Å². The quantitative estimate of drug-likeness (QED) is 0.372. The summed E-state index contributed by atoms with van der Waals surface area (Å²) in [5.74, 6) is 0.302. The van der Waals surface area contributed by atoms with Crippen molar-refractivity contribution in [1.29, 1.82) is 0 Å². The fourth-order valence-electron chi connectivity index (χ4n) is 5.58. The van der Waals surface area contributed by atoms with Gasteiger partial charge < -0.3 is 25.0 Å². The summed E-state index contributed by atoms with van der Waals surface area (Å²) < 4.78 is 27.8. The van der Waals surface area contributed by atoms with Crippen LogP contribution in [0, 0.1) is 0 Å². The number of benzene rings is 1. The minimum absolute atomic E-state index is 0.109. The van der Waals surface area contributed by atoms with Crippen molar-refractivity contribution in [1.82, 2.24) is 0 Å². The number of nitrogens with two attached hydrogens (primary N) is 1. The van der Waals surface area contributed by atoms with Crippen LogP contribution in [0.1, 0.15) is 80.4 Å². The van der Waals surface area contributed by atoms with E-state index in [0.29, 0.717) is 38.1 Å². The first-order valence-corrected chi connectivity index (χ1v) is 13.7. The predicted octanol–water partition coefficient (Wildman–Crippen LogP) is 3.98. The Hall–Kier alpha value is -0.790. The fraction of sp³-hybridized carbons (Fsp3) is 0.750. The van der Waals surface area contributed by atoms with Crippen LogP contribution >= 0.6 is 7.82 Å². The average Bonchev–Trinajstić information content (AvgIpc) is 3.18. The molecule has 8 heteroatoms. The van der Waals surface area contributed by atoms with E-state index in [9.17, 15) is 4.57 Å². The summed E-state index contributed by atoms with van der Waals surface area (Å²) in [6.07, 6.45) is 12.3. The van der Waals surface area contributed by atoms with Gasteiger partial charge >= 0.3 is 7.82 Å². The molecule has 4 rings (SSSR count). The Morgan fingerprint density at radius 2 is 1.75 bits per heavy atom. The van der Waals surface area contributed by atoms with E-state index in [-0.39, 0.29) is 12.7 Å². The molecule has 180 valence electrons. The SMILES string of the molecule is N[C@]1(COP(=O)(O)O)CC[C@H](c2ccc3c(c2)CC[C@@H](OCCOC2CCCCC2)C3)C1. The van der Waals surface area contributed by atoms with Gasteiger partial charge in [0.1, 0.15) is 0 Å². The highest BCUT2D eigenvalue weighted by atomic mass is 31.2. The Labute approximate surface area is 191 Å². The topological polar surface area (TPSA) is 111 Å². The van der Waals surface area contributed by atoms with Crippen LogP contribution in [-0.2, 0) is 31.4 Å². The highest BCUT2D eigenvalue weighted by Gasteiger charge is 2.38. The lowest BCUT2D eigenvalue weighted by Gasteiger charge is -2.27. The van der Waals surface area contributed by atoms with Gasteiger partial charge in [0.05, 0.1) is 32.0 Å². The summed E-state index contributed by atoms with van der Waals surface area (Å²) in [6, 6.07) is 6.72. The van der Waals surface area contributed by atoms with Gasteiger partial charge in [0, 0.05) is 5.54 Å². The zero-order valence-electron chi connectivity index (χ0n) is 18.9. The van der Waals surface area contributed by atoms with Crippen LogP contribution in [0.2, 0.25) is 0 Å². The van der Waals surface area contributed by atoms with Crippen molar-refractivity contribution in [2.24, 2.45) is 5.73 Å². The maximum absolute atomic E-state index is 11.0. The van der Waals surface area contributed by atoms with Gasteiger partial charge in [-0.3, -0.25) is 4.52 Å².